The van der Waals surface area contributed by atoms with Crippen molar-refractivity contribution in [3.05, 3.63) is 66.2 Å². The van der Waals surface area contributed by atoms with Gasteiger partial charge in [0.05, 0.1) is 11.1 Å². The van der Waals surface area contributed by atoms with E-state index in [1.54, 1.807) is 18.2 Å². The van der Waals surface area contributed by atoms with Crippen LogP contribution in [0.15, 0.2) is 60.7 Å². The molecule has 0 aliphatic heterocycles. The highest BCUT2D eigenvalue weighted by molar-refractivity contribution is 6.02. The molecule has 3 rings (SSSR count). The maximum Gasteiger partial charge on any atom is 0.336 e. The molecule has 0 fully saturated rings. The maximum absolute atomic E-state index is 11.2. The minimum Gasteiger partial charge on any atom is -0.478 e. The predicted octanol–water partition coefficient (Wildman–Crippen LogP) is 3.70. The summed E-state index contributed by atoms with van der Waals surface area (Å²) in [6.45, 7) is 0. The second-order valence-corrected chi connectivity index (χ2v) is 4.74. The van der Waals surface area contributed by atoms with E-state index < -0.39 is 5.97 Å². The first-order valence-electron chi connectivity index (χ1n) is 6.58. The third kappa shape index (κ3) is 2.43. The third-order valence-electron chi connectivity index (χ3n) is 3.43. The number of carboxylic acids is 1. The van der Waals surface area contributed by atoms with Crippen LogP contribution in [0.3, 0.4) is 0 Å². The number of hydrogen-bond donors (Lipinski definition) is 1. The van der Waals surface area contributed by atoms with Gasteiger partial charge in [0.1, 0.15) is 5.82 Å². The number of para-hydroxylation sites is 1. The molecular weight excluding hydrogens is 264 g/mol. The van der Waals surface area contributed by atoms with Crippen molar-refractivity contribution in [2.24, 2.45) is 0 Å². The third-order valence-corrected chi connectivity index (χ3v) is 3.43. The Balaban J connectivity index is 2.08. The van der Waals surface area contributed by atoms with E-state index in [-0.39, 0.29) is 5.56 Å². The Morgan fingerprint density at radius 1 is 1.00 bits per heavy atom. The lowest BCUT2D eigenvalue weighted by Gasteiger charge is -2.18. The summed E-state index contributed by atoms with van der Waals surface area (Å²) < 4.78 is 0. The smallest absolute Gasteiger partial charge is 0.336 e. The van der Waals surface area contributed by atoms with E-state index in [4.69, 9.17) is 0 Å². The number of rotatable bonds is 3. The zero-order valence-corrected chi connectivity index (χ0v) is 11.5. The van der Waals surface area contributed by atoms with E-state index >= 15 is 0 Å². The molecule has 0 bridgehead atoms. The summed E-state index contributed by atoms with van der Waals surface area (Å²) in [7, 11) is 1.94. The molecule has 4 nitrogen and oxygen atoms in total. The fourth-order valence-corrected chi connectivity index (χ4v) is 2.30. The second-order valence-electron chi connectivity index (χ2n) is 4.74. The van der Waals surface area contributed by atoms with Gasteiger partial charge in [-0.05, 0) is 36.4 Å². The Morgan fingerprint density at radius 2 is 1.76 bits per heavy atom. The zero-order valence-electron chi connectivity index (χ0n) is 11.5. The Morgan fingerprint density at radius 3 is 2.48 bits per heavy atom. The van der Waals surface area contributed by atoms with E-state index in [2.05, 4.69) is 4.98 Å². The van der Waals surface area contributed by atoms with E-state index in [0.717, 1.165) is 11.5 Å². The Labute approximate surface area is 122 Å². The Kier molecular flexibility index (Phi) is 3.28. The molecule has 1 heterocycles. The fraction of sp³-hybridized carbons (Fsp3) is 0.0588. The molecule has 0 atom stereocenters. The van der Waals surface area contributed by atoms with E-state index in [9.17, 15) is 9.90 Å². The molecule has 0 saturated heterocycles. The molecule has 4 heteroatoms. The molecule has 0 spiro atoms. The molecular formula is C17H14N2O2. The van der Waals surface area contributed by atoms with Crippen LogP contribution < -0.4 is 4.90 Å². The van der Waals surface area contributed by atoms with Crippen LogP contribution in [0.2, 0.25) is 0 Å². The molecule has 0 aliphatic carbocycles. The average molecular weight is 278 g/mol. The summed E-state index contributed by atoms with van der Waals surface area (Å²) in [4.78, 5) is 17.7. The minimum absolute atomic E-state index is 0.272. The fourth-order valence-electron chi connectivity index (χ4n) is 2.30. The maximum atomic E-state index is 11.2. The molecule has 0 radical (unpaired) electrons. The van der Waals surface area contributed by atoms with Gasteiger partial charge in [-0.3, -0.25) is 0 Å². The van der Waals surface area contributed by atoms with Crippen molar-refractivity contribution in [2.75, 3.05) is 11.9 Å². The number of aromatic carboxylic acids is 1. The summed E-state index contributed by atoms with van der Waals surface area (Å²) in [6.07, 6.45) is 0. The number of anilines is 2. The highest BCUT2D eigenvalue weighted by Gasteiger charge is 2.11. The molecule has 104 valence electrons. The quantitative estimate of drug-likeness (QED) is 0.793. The van der Waals surface area contributed by atoms with Crippen molar-refractivity contribution in [1.82, 2.24) is 4.98 Å². The van der Waals surface area contributed by atoms with Crippen LogP contribution in [0, 0.1) is 0 Å². The van der Waals surface area contributed by atoms with Crippen molar-refractivity contribution < 1.29 is 9.90 Å². The zero-order chi connectivity index (χ0) is 14.8. The number of aromatic nitrogens is 1. The van der Waals surface area contributed by atoms with Gasteiger partial charge in [-0.25, -0.2) is 9.78 Å². The number of pyridine rings is 1. The Hall–Kier alpha value is -2.88. The van der Waals surface area contributed by atoms with Gasteiger partial charge in [0.15, 0.2) is 0 Å². The van der Waals surface area contributed by atoms with Gasteiger partial charge in [-0.1, -0.05) is 24.3 Å². The predicted molar refractivity (Wildman–Crippen MR) is 83.2 cm³/mol. The van der Waals surface area contributed by atoms with Gasteiger partial charge in [0.25, 0.3) is 0 Å². The standard InChI is InChI=1S/C17H14N2O2/c1-19(12-6-3-2-4-7-12)16-11-10-13-14(17(20)21)8-5-9-15(13)18-16/h2-11H,1H3,(H,20,21). The first-order chi connectivity index (χ1) is 10.2. The van der Waals surface area contributed by atoms with Gasteiger partial charge < -0.3 is 10.0 Å². The number of nitrogens with zero attached hydrogens (tertiary/aromatic N) is 2. The molecule has 21 heavy (non-hydrogen) atoms. The van der Waals surface area contributed by atoms with Crippen LogP contribution in [0.25, 0.3) is 10.9 Å². The highest BCUT2D eigenvalue weighted by Crippen LogP contribution is 2.25. The van der Waals surface area contributed by atoms with Gasteiger partial charge in [0.2, 0.25) is 0 Å². The lowest BCUT2D eigenvalue weighted by molar-refractivity contribution is 0.0699. The van der Waals surface area contributed by atoms with Gasteiger partial charge >= 0.3 is 5.97 Å². The molecule has 2 aromatic carbocycles. The molecule has 0 amide bonds. The molecule has 0 saturated carbocycles. The molecule has 0 aliphatic rings. The number of carbonyl (C=O) groups is 1. The van der Waals surface area contributed by atoms with E-state index in [1.165, 1.54) is 0 Å². The van der Waals surface area contributed by atoms with Crippen LogP contribution in [0.4, 0.5) is 11.5 Å². The molecule has 1 N–H and O–H groups in total. The van der Waals surface area contributed by atoms with Crippen molar-refractivity contribution in [1.29, 1.82) is 0 Å². The lowest BCUT2D eigenvalue weighted by Crippen LogP contribution is -2.11. The van der Waals surface area contributed by atoms with Crippen LogP contribution in [-0.4, -0.2) is 23.1 Å². The topological polar surface area (TPSA) is 53.4 Å². The monoisotopic (exact) mass is 278 g/mol. The normalized spacial score (nSPS) is 10.5. The first kappa shape index (κ1) is 13.1. The van der Waals surface area contributed by atoms with Gasteiger partial charge in [-0.2, -0.15) is 0 Å². The summed E-state index contributed by atoms with van der Waals surface area (Å²) in [6, 6.07) is 18.7. The number of fused-ring (bicyclic) bond motifs is 1. The number of hydrogen-bond acceptors (Lipinski definition) is 3. The van der Waals surface area contributed by atoms with Crippen LogP contribution in [0.5, 0.6) is 0 Å². The van der Waals surface area contributed by atoms with Crippen LogP contribution >= 0.6 is 0 Å². The number of benzene rings is 2. The van der Waals surface area contributed by atoms with E-state index in [1.807, 2.05) is 54.4 Å². The molecule has 3 aromatic rings. The lowest BCUT2D eigenvalue weighted by atomic mass is 10.1. The second kappa shape index (κ2) is 5.25. The number of carboxylic acid groups (broad SMARTS) is 1. The SMILES string of the molecule is CN(c1ccccc1)c1ccc2c(C(=O)O)cccc2n1. The Bertz CT molecular complexity index is 800. The van der Waals surface area contributed by atoms with Crippen molar-refractivity contribution >= 4 is 28.4 Å². The average Bonchev–Trinajstić information content (AvgIpc) is 2.53. The first-order valence-corrected chi connectivity index (χ1v) is 6.58. The molecule has 0 unspecified atom stereocenters. The minimum atomic E-state index is -0.938. The van der Waals surface area contributed by atoms with Crippen LogP contribution in [-0.2, 0) is 0 Å². The van der Waals surface area contributed by atoms with Gasteiger partial charge in [-0.15, -0.1) is 0 Å². The van der Waals surface area contributed by atoms with Crippen LogP contribution in [0.1, 0.15) is 10.4 Å². The van der Waals surface area contributed by atoms with Crippen molar-refractivity contribution in [2.45, 2.75) is 0 Å². The van der Waals surface area contributed by atoms with E-state index in [0.29, 0.717) is 10.9 Å². The summed E-state index contributed by atoms with van der Waals surface area (Å²) in [5, 5.41) is 9.85. The largest absolute Gasteiger partial charge is 0.478 e. The summed E-state index contributed by atoms with van der Waals surface area (Å²) >= 11 is 0. The van der Waals surface area contributed by atoms with Gasteiger partial charge in [0, 0.05) is 18.1 Å². The molecule has 1 aromatic heterocycles. The summed E-state index contributed by atoms with van der Waals surface area (Å²) in [5.41, 5.74) is 1.97. The van der Waals surface area contributed by atoms with Crippen molar-refractivity contribution in [3.63, 3.8) is 0 Å². The summed E-state index contributed by atoms with van der Waals surface area (Å²) in [5.74, 6) is -0.164. The highest BCUT2D eigenvalue weighted by atomic mass is 16.4. The van der Waals surface area contributed by atoms with Crippen molar-refractivity contribution in [3.8, 4) is 0 Å².